The fourth-order valence-electron chi connectivity index (χ4n) is 4.21. The van der Waals surface area contributed by atoms with Crippen molar-refractivity contribution in [1.82, 2.24) is 5.32 Å². The maximum absolute atomic E-state index is 3.87. The zero-order chi connectivity index (χ0) is 11.5. The number of hydrogen-bond donors (Lipinski definition) is 1. The number of rotatable bonds is 0. The van der Waals surface area contributed by atoms with Crippen LogP contribution >= 0.6 is 0 Å². The van der Waals surface area contributed by atoms with Gasteiger partial charge >= 0.3 is 0 Å². The Balaban J connectivity index is 1.94. The Morgan fingerprint density at radius 2 is 2.00 bits per heavy atom. The normalized spacial score (nSPS) is 34.5. The molecule has 1 aromatic rings. The second-order valence-corrected chi connectivity index (χ2v) is 5.90. The van der Waals surface area contributed by atoms with Crippen LogP contribution < -0.4 is 5.32 Å². The lowest BCUT2D eigenvalue weighted by molar-refractivity contribution is 0.349. The molecular weight excluding hydrogens is 206 g/mol. The second-order valence-electron chi connectivity index (χ2n) is 5.90. The lowest BCUT2D eigenvalue weighted by atomic mass is 9.75. The van der Waals surface area contributed by atoms with Crippen LogP contribution in [0.5, 0.6) is 0 Å². The van der Waals surface area contributed by atoms with Gasteiger partial charge in [-0.2, -0.15) is 0 Å². The van der Waals surface area contributed by atoms with Gasteiger partial charge in [0.15, 0.2) is 0 Å². The van der Waals surface area contributed by atoms with Crippen molar-refractivity contribution in [2.24, 2.45) is 0 Å². The molecule has 88 valence electrons. The average Bonchev–Trinajstić information content (AvgIpc) is 2.61. The van der Waals surface area contributed by atoms with Gasteiger partial charge in [-0.05, 0) is 55.7 Å². The maximum Gasteiger partial charge on any atom is 0.0632 e. The molecule has 0 radical (unpaired) electrons. The summed E-state index contributed by atoms with van der Waals surface area (Å²) in [5.74, 6) is 0. The van der Waals surface area contributed by atoms with E-state index in [1.54, 1.807) is 16.7 Å². The van der Waals surface area contributed by atoms with Gasteiger partial charge in [0, 0.05) is 6.04 Å². The summed E-state index contributed by atoms with van der Waals surface area (Å²) >= 11 is 0. The number of hydrogen-bond acceptors (Lipinski definition) is 1. The smallest absolute Gasteiger partial charge is 0.0632 e. The highest BCUT2D eigenvalue weighted by molar-refractivity contribution is 5.51. The van der Waals surface area contributed by atoms with E-state index in [9.17, 15) is 0 Å². The highest BCUT2D eigenvalue weighted by Gasteiger charge is 2.46. The van der Waals surface area contributed by atoms with Crippen molar-refractivity contribution in [2.75, 3.05) is 0 Å². The highest BCUT2D eigenvalue weighted by atomic mass is 15.1. The van der Waals surface area contributed by atoms with Gasteiger partial charge in [-0.25, -0.2) is 0 Å². The van der Waals surface area contributed by atoms with Crippen molar-refractivity contribution < 1.29 is 0 Å². The van der Waals surface area contributed by atoms with Crippen LogP contribution in [0.3, 0.4) is 0 Å². The first kappa shape index (κ1) is 9.90. The van der Waals surface area contributed by atoms with Gasteiger partial charge in [0.1, 0.15) is 0 Å². The Morgan fingerprint density at radius 3 is 2.94 bits per heavy atom. The zero-order valence-corrected chi connectivity index (χ0v) is 10.4. The van der Waals surface area contributed by atoms with E-state index < -0.39 is 0 Å². The quantitative estimate of drug-likeness (QED) is 0.662. The maximum atomic E-state index is 3.87. The summed E-state index contributed by atoms with van der Waals surface area (Å²) in [5, 5.41) is 3.87. The monoisotopic (exact) mass is 225 g/mol. The van der Waals surface area contributed by atoms with E-state index in [1.807, 2.05) is 0 Å². The first-order valence-corrected chi connectivity index (χ1v) is 6.87. The molecule has 1 heteroatoms. The van der Waals surface area contributed by atoms with Crippen molar-refractivity contribution in [2.45, 2.75) is 50.6 Å². The molecule has 4 rings (SSSR count). The molecule has 2 heterocycles. The third-order valence-corrected chi connectivity index (χ3v) is 4.97. The summed E-state index contributed by atoms with van der Waals surface area (Å²) in [6.45, 7) is 2.39. The van der Waals surface area contributed by atoms with Crippen LogP contribution in [0, 0.1) is 0 Å². The summed E-state index contributed by atoms with van der Waals surface area (Å²) in [4.78, 5) is 0. The lowest BCUT2D eigenvalue weighted by Gasteiger charge is -2.39. The van der Waals surface area contributed by atoms with Crippen LogP contribution in [0.2, 0.25) is 0 Å². The van der Waals surface area contributed by atoms with E-state index in [2.05, 4.69) is 36.5 Å². The summed E-state index contributed by atoms with van der Waals surface area (Å²) in [5.41, 5.74) is 6.71. The van der Waals surface area contributed by atoms with Gasteiger partial charge in [-0.1, -0.05) is 29.8 Å². The molecule has 1 aliphatic carbocycles. The third kappa shape index (κ3) is 1.18. The standard InChI is InChI=1S/C16H19N/c1-16-13-8-4-2-6-11(13)10-15(17-16)12-7-3-5-9-14(12)16/h3,5,7,9,15,17H,2,4,6,8,10H2,1H3/t15-,16?/m1/s1. The summed E-state index contributed by atoms with van der Waals surface area (Å²) in [6.07, 6.45) is 6.68. The fraction of sp³-hybridized carbons (Fsp3) is 0.500. The van der Waals surface area contributed by atoms with Crippen LogP contribution in [-0.2, 0) is 5.54 Å². The SMILES string of the molecule is CC12N[C@H](CC3=C1CCCC3)c1ccccc12. The predicted octanol–water partition coefficient (Wildman–Crippen LogP) is 3.82. The van der Waals surface area contributed by atoms with Crippen molar-refractivity contribution in [3.05, 3.63) is 46.5 Å². The lowest BCUT2D eigenvalue weighted by Crippen LogP contribution is -2.41. The minimum Gasteiger partial charge on any atom is -0.297 e. The average molecular weight is 225 g/mol. The Labute approximate surface area is 103 Å². The first-order valence-electron chi connectivity index (χ1n) is 6.87. The minimum atomic E-state index is 0.148. The van der Waals surface area contributed by atoms with Crippen molar-refractivity contribution in [1.29, 1.82) is 0 Å². The topological polar surface area (TPSA) is 12.0 Å². The van der Waals surface area contributed by atoms with E-state index in [4.69, 9.17) is 0 Å². The molecule has 2 bridgehead atoms. The molecule has 0 saturated carbocycles. The van der Waals surface area contributed by atoms with Crippen LogP contribution in [-0.4, -0.2) is 0 Å². The molecule has 1 nitrogen and oxygen atoms in total. The van der Waals surface area contributed by atoms with Crippen LogP contribution in [0.25, 0.3) is 0 Å². The summed E-state index contributed by atoms with van der Waals surface area (Å²) < 4.78 is 0. The van der Waals surface area contributed by atoms with Crippen LogP contribution in [0.1, 0.15) is 56.2 Å². The molecule has 17 heavy (non-hydrogen) atoms. The van der Waals surface area contributed by atoms with Gasteiger partial charge in [-0.3, -0.25) is 5.32 Å². The number of fused-ring (bicyclic) bond motifs is 6. The highest BCUT2D eigenvalue weighted by Crippen LogP contribution is 2.52. The molecule has 0 saturated heterocycles. The van der Waals surface area contributed by atoms with E-state index in [0.717, 1.165) is 0 Å². The number of nitrogens with one attached hydrogen (secondary N) is 1. The zero-order valence-electron chi connectivity index (χ0n) is 10.4. The fourth-order valence-corrected chi connectivity index (χ4v) is 4.21. The summed E-state index contributed by atoms with van der Waals surface area (Å²) in [6, 6.07) is 9.59. The second kappa shape index (κ2) is 3.23. The molecule has 0 aromatic heterocycles. The molecule has 0 spiro atoms. The van der Waals surface area contributed by atoms with Gasteiger partial charge in [0.25, 0.3) is 0 Å². The Kier molecular flexibility index (Phi) is 1.88. The third-order valence-electron chi connectivity index (χ3n) is 4.97. The van der Waals surface area contributed by atoms with Crippen molar-refractivity contribution in [3.8, 4) is 0 Å². The molecule has 2 aliphatic heterocycles. The van der Waals surface area contributed by atoms with Crippen molar-refractivity contribution >= 4 is 0 Å². The van der Waals surface area contributed by atoms with Gasteiger partial charge in [0.05, 0.1) is 5.54 Å². The van der Waals surface area contributed by atoms with Gasteiger partial charge in [0.2, 0.25) is 0 Å². The molecule has 1 N–H and O–H groups in total. The molecule has 1 unspecified atom stereocenters. The van der Waals surface area contributed by atoms with E-state index >= 15 is 0 Å². The molecule has 3 aliphatic rings. The summed E-state index contributed by atoms with van der Waals surface area (Å²) in [7, 11) is 0. The first-order chi connectivity index (χ1) is 8.29. The minimum absolute atomic E-state index is 0.148. The Bertz CT molecular complexity index is 514. The van der Waals surface area contributed by atoms with Crippen LogP contribution in [0.4, 0.5) is 0 Å². The van der Waals surface area contributed by atoms with Gasteiger partial charge in [-0.15, -0.1) is 0 Å². The molecule has 1 aromatic carbocycles. The number of benzene rings is 1. The molecule has 2 atom stereocenters. The molecular formula is C16H19N. The van der Waals surface area contributed by atoms with Crippen LogP contribution in [0.15, 0.2) is 35.4 Å². The Hall–Kier alpha value is -1.08. The largest absolute Gasteiger partial charge is 0.297 e. The van der Waals surface area contributed by atoms with Gasteiger partial charge < -0.3 is 0 Å². The Morgan fingerprint density at radius 1 is 1.18 bits per heavy atom. The van der Waals surface area contributed by atoms with E-state index in [-0.39, 0.29) is 5.54 Å². The predicted molar refractivity (Wildman–Crippen MR) is 69.8 cm³/mol. The van der Waals surface area contributed by atoms with Crippen molar-refractivity contribution in [3.63, 3.8) is 0 Å². The molecule has 0 amide bonds. The van der Waals surface area contributed by atoms with E-state index in [1.165, 1.54) is 37.7 Å². The van der Waals surface area contributed by atoms with E-state index in [0.29, 0.717) is 6.04 Å². The molecule has 0 fully saturated rings.